The van der Waals surface area contributed by atoms with Crippen molar-refractivity contribution in [1.29, 1.82) is 5.26 Å². The second-order valence-electron chi connectivity index (χ2n) is 30.6. The fourth-order valence-corrected chi connectivity index (χ4v) is 18.1. The van der Waals surface area contributed by atoms with E-state index in [1.807, 2.05) is 95.6 Å². The van der Waals surface area contributed by atoms with Gasteiger partial charge in [0.15, 0.2) is 11.4 Å². The number of hydrogen-bond donors (Lipinski definition) is 4. The van der Waals surface area contributed by atoms with Crippen LogP contribution in [0.25, 0.3) is 59.8 Å². The molecular weight excluding hydrogens is 1600 g/mol. The maximum absolute atomic E-state index is 13.1. The number of piperidine rings is 3. The zero-order valence-electron chi connectivity index (χ0n) is 62.2. The van der Waals surface area contributed by atoms with Crippen molar-refractivity contribution in [3.8, 4) is 6.07 Å². The molecule has 0 bridgehead atoms. The van der Waals surface area contributed by atoms with E-state index < -0.39 is 54.3 Å². The van der Waals surface area contributed by atoms with E-state index in [1.165, 1.54) is 4.40 Å². The zero-order chi connectivity index (χ0) is 83.1. The first-order valence-electron chi connectivity index (χ1n) is 37.7. The Hall–Kier alpha value is -10.6. The number of nitrogens with two attached hydrogens (primary N) is 1. The molecule has 0 spiro atoms. The number of halogens is 15. The van der Waals surface area contributed by atoms with Crippen molar-refractivity contribution in [3.05, 3.63) is 230 Å². The van der Waals surface area contributed by atoms with Crippen LogP contribution in [0.5, 0.6) is 0 Å². The molecule has 12 aromatic rings. The van der Waals surface area contributed by atoms with E-state index in [1.54, 1.807) is 90.4 Å². The second kappa shape index (κ2) is 32.0. The van der Waals surface area contributed by atoms with Crippen LogP contribution in [0.2, 0.25) is 15.2 Å². The van der Waals surface area contributed by atoms with Crippen LogP contribution >= 0.6 is 34.8 Å². The highest BCUT2D eigenvalue weighted by Crippen LogP contribution is 2.67. The number of aromatic carboxylic acids is 1. The number of amides is 1. The lowest BCUT2D eigenvalue weighted by Gasteiger charge is -2.22. The highest BCUT2D eigenvalue weighted by atomic mass is 35.5. The summed E-state index contributed by atoms with van der Waals surface area (Å²) in [5.41, 5.74) is 15.9. The lowest BCUT2D eigenvalue weighted by atomic mass is 9.95. The van der Waals surface area contributed by atoms with Gasteiger partial charge in [0.2, 0.25) is 0 Å². The Labute approximate surface area is 675 Å². The van der Waals surface area contributed by atoms with Crippen molar-refractivity contribution in [2.45, 2.75) is 76.8 Å². The lowest BCUT2D eigenvalue weighted by molar-refractivity contribution is -0.156. The number of imidazole rings is 2. The maximum atomic E-state index is 13.1. The topological polar surface area (TPSA) is 225 Å². The molecule has 33 heteroatoms. The maximum Gasteiger partial charge on any atom is 0.392 e. The van der Waals surface area contributed by atoms with Crippen LogP contribution in [-0.2, 0) is 19.5 Å². The van der Waals surface area contributed by atoms with Gasteiger partial charge in [0, 0.05) is 79.4 Å². The summed E-state index contributed by atoms with van der Waals surface area (Å²) in [6.07, 6.45) is -11.1. The molecule has 8 aliphatic rings. The smallest absolute Gasteiger partial charge is 0.392 e. The Morgan fingerprint density at radius 2 is 1.02 bits per heavy atom. The summed E-state index contributed by atoms with van der Waals surface area (Å²) in [6.45, 7) is 14.1. The molecule has 11 heterocycles. The Morgan fingerprint density at radius 1 is 0.556 bits per heavy atom. The normalized spacial score (nSPS) is 23.6. The first-order valence-corrected chi connectivity index (χ1v) is 38.8. The van der Waals surface area contributed by atoms with Gasteiger partial charge < -0.3 is 31.3 Å². The standard InChI is InChI=1S/C27H24ClF3N4O.C16H16F3N3.C16H12F3N3.C10H5ClN2.C9H7ClN2O2.C6H8F3N/c1-2-20-25(35-13-17(28)5-8-23(35)34-20)26(36)32-12-14-3-6-21-15(9-14)4-7-22(33-21)16-10-18-19(11-16)24(18)27(29,30)31;2*17-16(18,19)15-11-7-22(8-12(11)15)14-4-2-10-5-9(6-20)1-3-13(10)21-14;1-12-8-3-4-9-7(6-8)2-5-10(11)13-9;1-5-8(9(13)14)12-4-6(10)2-3-7(12)11-5;7-6(8,9)5-3-1-10-2-4(3)5/h3-9,13,16,18-19,24H,2,10-12H2,1H3,(H,32,36);1-5,11-12,15H,6-8,20H2;1-5,11-12,15H,7-8H2;2-6H;2-4H,1H3,(H,13,14);3-5,10H,1-2H2/t16?,18-,19+,24?;2*11-,12+,15?;;;3-,4+,5?. The molecule has 5 unspecified atom stereocenters. The van der Waals surface area contributed by atoms with Gasteiger partial charge in [0.1, 0.15) is 33.8 Å². The fraction of sp³-hybridized carbons (Fsp3) is 0.357. The average Bonchev–Trinajstić information content (AvgIpc) is 1.57. The summed E-state index contributed by atoms with van der Waals surface area (Å²) < 4.78 is 154. The van der Waals surface area contributed by atoms with Crippen LogP contribution in [0.4, 0.5) is 70.0 Å². The molecule has 20 rings (SSSR count). The van der Waals surface area contributed by atoms with Crippen molar-refractivity contribution in [3.63, 3.8) is 0 Å². The molecule has 3 saturated heterocycles. The van der Waals surface area contributed by atoms with Gasteiger partial charge in [-0.1, -0.05) is 72.1 Å². The number of aromatic nitrogens is 8. The van der Waals surface area contributed by atoms with Crippen LogP contribution in [0.3, 0.4) is 0 Å². The quantitative estimate of drug-likeness (QED) is 0.0599. The van der Waals surface area contributed by atoms with E-state index in [2.05, 4.69) is 46.5 Å². The Balaban J connectivity index is 0.000000116. The molecule has 8 aromatic heterocycles. The number of carboxylic acid groups (broad SMARTS) is 1. The van der Waals surface area contributed by atoms with Crippen LogP contribution in [0.15, 0.2) is 158 Å². The Morgan fingerprint density at radius 3 is 1.54 bits per heavy atom. The van der Waals surface area contributed by atoms with Gasteiger partial charge in [-0.2, -0.15) is 57.9 Å². The summed E-state index contributed by atoms with van der Waals surface area (Å²) in [6, 6.07) is 46.1. The Kier molecular flexibility index (Phi) is 22.3. The zero-order valence-corrected chi connectivity index (χ0v) is 64.4. The number of nitrogens with one attached hydrogen (secondary N) is 2. The minimum Gasteiger partial charge on any atom is -0.477 e. The Bertz CT molecular complexity index is 5880. The number of benzene rings is 4. The number of nitriles is 1. The number of aryl methyl sites for hydroxylation is 2. The third-order valence-corrected chi connectivity index (χ3v) is 24.1. The van der Waals surface area contributed by atoms with Gasteiger partial charge in [0.25, 0.3) is 5.91 Å². The molecule has 3 aliphatic heterocycles. The molecule has 5 aliphatic carbocycles. The highest BCUT2D eigenvalue weighted by Gasteiger charge is 2.70. The number of alkyl halides is 12. The predicted octanol–water partition coefficient (Wildman–Crippen LogP) is 19.1. The monoisotopic (exact) mass is 1670 g/mol. The number of carbonyl (C=O) groups excluding carboxylic acids is 1. The van der Waals surface area contributed by atoms with Gasteiger partial charge in [-0.3, -0.25) is 18.6 Å². The van der Waals surface area contributed by atoms with E-state index in [4.69, 9.17) is 62.5 Å². The summed E-state index contributed by atoms with van der Waals surface area (Å²) >= 11 is 17.6. The first-order chi connectivity index (χ1) is 55.7. The average molecular weight is 1670 g/mol. The van der Waals surface area contributed by atoms with Crippen LogP contribution in [0, 0.1) is 95.8 Å². The van der Waals surface area contributed by atoms with Crippen molar-refractivity contribution in [2.24, 2.45) is 76.7 Å². The first kappa shape index (κ1) is 81.5. The van der Waals surface area contributed by atoms with Gasteiger partial charge >= 0.3 is 30.7 Å². The van der Waals surface area contributed by atoms with Gasteiger partial charge in [-0.05, 0) is 218 Å². The molecule has 8 fully saturated rings. The van der Waals surface area contributed by atoms with E-state index in [0.29, 0.717) is 132 Å². The van der Waals surface area contributed by atoms with Crippen molar-refractivity contribution in [1.82, 2.24) is 49.3 Å². The molecule has 0 radical (unpaired) electrons. The largest absolute Gasteiger partial charge is 0.477 e. The van der Waals surface area contributed by atoms with Gasteiger partial charge in [0.05, 0.1) is 85.4 Å². The predicted molar refractivity (Wildman–Crippen MR) is 419 cm³/mol. The van der Waals surface area contributed by atoms with Crippen molar-refractivity contribution >= 4 is 119 Å². The van der Waals surface area contributed by atoms with E-state index in [0.717, 1.165) is 66.3 Å². The number of carboxylic acids is 1. The molecule has 1 amide bonds. The molecule has 5 saturated carbocycles. The molecule has 4 aromatic carbocycles. The molecule has 13 atom stereocenters. The van der Waals surface area contributed by atoms with E-state index >= 15 is 0 Å². The van der Waals surface area contributed by atoms with Crippen LogP contribution in [-0.4, -0.2) is 120 Å². The third kappa shape index (κ3) is 17.4. The number of fused-ring (bicyclic) bond motifs is 10. The van der Waals surface area contributed by atoms with Crippen molar-refractivity contribution in [2.75, 3.05) is 49.1 Å². The number of hydrogen-bond acceptors (Lipinski definition) is 13. The van der Waals surface area contributed by atoms with E-state index in [9.17, 15) is 62.3 Å². The van der Waals surface area contributed by atoms with Crippen LogP contribution < -0.4 is 26.2 Å². The molecule has 606 valence electrons. The number of anilines is 2. The molecular formula is C84H72Cl3F12N15O3. The van der Waals surface area contributed by atoms with Gasteiger partial charge in [-0.25, -0.2) is 34.6 Å². The third-order valence-electron chi connectivity index (χ3n) is 23.4. The molecule has 18 nitrogen and oxygen atoms in total. The van der Waals surface area contributed by atoms with Gasteiger partial charge in [-0.15, -0.1) is 0 Å². The summed E-state index contributed by atoms with van der Waals surface area (Å²) in [5, 5.41) is 28.9. The van der Waals surface area contributed by atoms with Crippen molar-refractivity contribution < 1.29 is 67.4 Å². The summed E-state index contributed by atoms with van der Waals surface area (Å²) in [7, 11) is 0. The SMILES string of the molecule is CCc1nc2ccc(Cl)cn2c1C(=O)NCc1ccc2nc(C3C[C@@H]4C(C(F)(F)F)[C@@H]4C3)ccc2c1.Cc1nc2ccc(Cl)cn2c1C(=O)O.FC(F)(F)C1[C@H]2CNC[C@@H]12.N#Cc1ccc2nc(N3C[C@@H]4C(C(F)(F)F)[C@@H]4C3)ccc2c1.NCc1ccc2nc(N3C[C@@H]4C(C(F)(F)F)[C@@H]4C3)ccc2c1.[C-]#[N+]c1ccc2nc(Cl)ccc2c1. The van der Waals surface area contributed by atoms with E-state index in [-0.39, 0.29) is 64.9 Å². The second-order valence-corrected chi connectivity index (χ2v) is 31.9. The summed E-state index contributed by atoms with van der Waals surface area (Å²) in [4.78, 5) is 57.8. The molecule has 5 N–H and O–H groups in total. The number of pyridine rings is 6. The fourth-order valence-electron chi connectivity index (χ4n) is 17.6. The summed E-state index contributed by atoms with van der Waals surface area (Å²) in [5.74, 6) is -5.72. The minimum absolute atomic E-state index is 0.0914. The lowest BCUT2D eigenvalue weighted by Crippen LogP contribution is -2.28. The number of carbonyl (C=O) groups is 2. The highest BCUT2D eigenvalue weighted by molar-refractivity contribution is 6.31. The van der Waals surface area contributed by atoms with Crippen LogP contribution in [0.1, 0.15) is 80.4 Å². The molecule has 117 heavy (non-hydrogen) atoms. The number of rotatable bonds is 9. The minimum atomic E-state index is -4.07. The number of nitrogens with zero attached hydrogens (tertiary/aromatic N) is 12.